The SMILES string of the molecule is CCOC(=O)c1sc(-c2ccccc2)cc1NC(=O)Cn1nc(C(=O)O)c2ccccc2c1=O. The highest BCUT2D eigenvalue weighted by Crippen LogP contribution is 2.35. The van der Waals surface area contributed by atoms with Gasteiger partial charge < -0.3 is 15.2 Å². The lowest BCUT2D eigenvalue weighted by molar-refractivity contribution is -0.117. The molecule has 0 aliphatic carbocycles. The summed E-state index contributed by atoms with van der Waals surface area (Å²) in [6.07, 6.45) is 0. The number of aromatic carboxylic acids is 1. The van der Waals surface area contributed by atoms with E-state index in [4.69, 9.17) is 4.74 Å². The molecule has 4 aromatic rings. The predicted molar refractivity (Wildman–Crippen MR) is 127 cm³/mol. The number of anilines is 1. The van der Waals surface area contributed by atoms with Crippen molar-refractivity contribution in [1.82, 2.24) is 9.78 Å². The molecular formula is C24H19N3O6S. The van der Waals surface area contributed by atoms with Gasteiger partial charge in [-0.3, -0.25) is 9.59 Å². The van der Waals surface area contributed by atoms with E-state index in [0.717, 1.165) is 15.1 Å². The lowest BCUT2D eigenvalue weighted by Crippen LogP contribution is -2.31. The zero-order valence-corrected chi connectivity index (χ0v) is 18.8. The Morgan fingerprint density at radius 3 is 2.41 bits per heavy atom. The molecule has 4 rings (SSSR count). The van der Waals surface area contributed by atoms with Crippen LogP contribution in [0.3, 0.4) is 0 Å². The minimum absolute atomic E-state index is 0.136. The summed E-state index contributed by atoms with van der Waals surface area (Å²) >= 11 is 1.17. The average molecular weight is 477 g/mol. The molecule has 0 radical (unpaired) electrons. The number of benzene rings is 2. The normalized spacial score (nSPS) is 10.7. The topological polar surface area (TPSA) is 128 Å². The molecule has 2 N–H and O–H groups in total. The third-order valence-electron chi connectivity index (χ3n) is 4.89. The predicted octanol–water partition coefficient (Wildman–Crippen LogP) is 3.64. The largest absolute Gasteiger partial charge is 0.476 e. The number of hydrogen-bond acceptors (Lipinski definition) is 7. The van der Waals surface area contributed by atoms with Gasteiger partial charge in [0.25, 0.3) is 5.56 Å². The van der Waals surface area contributed by atoms with Gasteiger partial charge in [0.05, 0.1) is 17.7 Å². The van der Waals surface area contributed by atoms with Gasteiger partial charge in [-0.1, -0.05) is 48.5 Å². The number of esters is 1. The second-order valence-corrected chi connectivity index (χ2v) is 8.20. The second kappa shape index (κ2) is 9.67. The Hall–Kier alpha value is -4.31. The number of carboxylic acids is 1. The first-order valence-corrected chi connectivity index (χ1v) is 11.1. The number of carbonyl (C=O) groups is 3. The molecule has 0 saturated heterocycles. The van der Waals surface area contributed by atoms with Crippen LogP contribution in [0, 0.1) is 0 Å². The molecule has 2 aromatic carbocycles. The fourth-order valence-electron chi connectivity index (χ4n) is 3.40. The van der Waals surface area contributed by atoms with Crippen molar-refractivity contribution >= 4 is 45.6 Å². The standard InChI is InChI=1S/C24H19N3O6S/c1-2-33-24(32)21-17(12-18(34-21)14-8-4-3-5-9-14)25-19(28)13-27-22(29)16-11-7-6-10-15(16)20(26-27)23(30)31/h3-12H,2,13H2,1H3,(H,25,28)(H,30,31). The molecule has 0 unspecified atom stereocenters. The molecule has 10 heteroatoms. The molecule has 0 bridgehead atoms. The summed E-state index contributed by atoms with van der Waals surface area (Å²) < 4.78 is 5.92. The van der Waals surface area contributed by atoms with Crippen molar-refractivity contribution in [2.75, 3.05) is 11.9 Å². The summed E-state index contributed by atoms with van der Waals surface area (Å²) in [6.45, 7) is 1.31. The minimum Gasteiger partial charge on any atom is -0.476 e. The number of carbonyl (C=O) groups excluding carboxylic acids is 2. The van der Waals surface area contributed by atoms with Crippen molar-refractivity contribution in [2.45, 2.75) is 13.5 Å². The Bertz CT molecular complexity index is 1460. The Labute approximate surface area is 197 Å². The number of fused-ring (bicyclic) bond motifs is 1. The highest BCUT2D eigenvalue weighted by molar-refractivity contribution is 7.18. The van der Waals surface area contributed by atoms with Gasteiger partial charge in [0.2, 0.25) is 5.91 Å². The van der Waals surface area contributed by atoms with Gasteiger partial charge in [0, 0.05) is 10.3 Å². The van der Waals surface area contributed by atoms with E-state index < -0.39 is 29.9 Å². The van der Waals surface area contributed by atoms with Gasteiger partial charge in [-0.15, -0.1) is 11.3 Å². The highest BCUT2D eigenvalue weighted by atomic mass is 32.1. The van der Waals surface area contributed by atoms with Crippen molar-refractivity contribution in [2.24, 2.45) is 0 Å². The third kappa shape index (κ3) is 4.57. The summed E-state index contributed by atoms with van der Waals surface area (Å²) in [5, 5.41) is 16.3. The molecule has 1 amide bonds. The summed E-state index contributed by atoms with van der Waals surface area (Å²) in [5.74, 6) is -2.55. The number of rotatable bonds is 7. The summed E-state index contributed by atoms with van der Waals surface area (Å²) in [5.41, 5.74) is 0.158. The van der Waals surface area contributed by atoms with Crippen LogP contribution in [0.25, 0.3) is 21.2 Å². The first-order valence-electron chi connectivity index (χ1n) is 10.3. The number of aromatic nitrogens is 2. The average Bonchev–Trinajstić information content (AvgIpc) is 3.25. The number of nitrogens with zero attached hydrogens (tertiary/aromatic N) is 2. The molecular weight excluding hydrogens is 458 g/mol. The highest BCUT2D eigenvalue weighted by Gasteiger charge is 2.21. The molecule has 0 fully saturated rings. The molecule has 172 valence electrons. The lowest BCUT2D eigenvalue weighted by atomic mass is 10.1. The molecule has 0 saturated carbocycles. The fraction of sp³-hybridized carbons (Fsp3) is 0.125. The quantitative estimate of drug-likeness (QED) is 0.389. The monoisotopic (exact) mass is 477 g/mol. The zero-order valence-electron chi connectivity index (χ0n) is 18.0. The van der Waals surface area contributed by atoms with Crippen molar-refractivity contribution in [3.8, 4) is 10.4 Å². The van der Waals surface area contributed by atoms with Crippen LogP contribution in [0.4, 0.5) is 5.69 Å². The van der Waals surface area contributed by atoms with Crippen molar-refractivity contribution in [3.05, 3.63) is 81.6 Å². The number of amides is 1. The molecule has 0 spiro atoms. The van der Waals surface area contributed by atoms with Crippen LogP contribution in [0.15, 0.2) is 65.5 Å². The number of hydrogen-bond donors (Lipinski definition) is 2. The molecule has 2 heterocycles. The van der Waals surface area contributed by atoms with Crippen LogP contribution in [0.5, 0.6) is 0 Å². The van der Waals surface area contributed by atoms with Crippen LogP contribution in [-0.4, -0.2) is 39.3 Å². The zero-order chi connectivity index (χ0) is 24.2. The first-order chi connectivity index (χ1) is 16.4. The number of thiophene rings is 1. The van der Waals surface area contributed by atoms with E-state index >= 15 is 0 Å². The fourth-order valence-corrected chi connectivity index (χ4v) is 4.42. The Morgan fingerprint density at radius 1 is 1.06 bits per heavy atom. The summed E-state index contributed by atoms with van der Waals surface area (Å²) in [7, 11) is 0. The van der Waals surface area contributed by atoms with E-state index in [9.17, 15) is 24.3 Å². The first kappa shape index (κ1) is 22.9. The van der Waals surface area contributed by atoms with Crippen LogP contribution in [0.2, 0.25) is 0 Å². The van der Waals surface area contributed by atoms with Gasteiger partial charge in [-0.05, 0) is 24.6 Å². The van der Waals surface area contributed by atoms with Crippen LogP contribution in [0.1, 0.15) is 27.1 Å². The molecule has 34 heavy (non-hydrogen) atoms. The number of carboxylic acid groups (broad SMARTS) is 1. The van der Waals surface area contributed by atoms with Gasteiger partial charge in [-0.2, -0.15) is 5.10 Å². The molecule has 2 aromatic heterocycles. The Balaban J connectivity index is 1.67. The van der Waals surface area contributed by atoms with Crippen molar-refractivity contribution in [1.29, 1.82) is 0 Å². The number of ether oxygens (including phenoxy) is 1. The van der Waals surface area contributed by atoms with Gasteiger partial charge in [0.1, 0.15) is 11.4 Å². The Kier molecular flexibility index (Phi) is 6.51. The number of nitrogens with one attached hydrogen (secondary N) is 1. The minimum atomic E-state index is -1.32. The van der Waals surface area contributed by atoms with Gasteiger partial charge in [-0.25, -0.2) is 14.3 Å². The molecule has 0 atom stereocenters. The van der Waals surface area contributed by atoms with E-state index in [2.05, 4.69) is 10.4 Å². The maximum atomic E-state index is 12.8. The maximum absolute atomic E-state index is 12.8. The molecule has 9 nitrogen and oxygen atoms in total. The summed E-state index contributed by atoms with van der Waals surface area (Å²) in [6, 6.07) is 17.1. The van der Waals surface area contributed by atoms with E-state index in [1.54, 1.807) is 25.1 Å². The van der Waals surface area contributed by atoms with Crippen molar-refractivity contribution in [3.63, 3.8) is 0 Å². The van der Waals surface area contributed by atoms with E-state index in [1.165, 1.54) is 23.5 Å². The maximum Gasteiger partial charge on any atom is 0.357 e. The van der Waals surface area contributed by atoms with Crippen LogP contribution in [-0.2, 0) is 16.1 Å². The van der Waals surface area contributed by atoms with Crippen LogP contribution >= 0.6 is 11.3 Å². The van der Waals surface area contributed by atoms with Crippen LogP contribution < -0.4 is 10.9 Å². The van der Waals surface area contributed by atoms with Gasteiger partial charge in [0.15, 0.2) is 5.69 Å². The summed E-state index contributed by atoms with van der Waals surface area (Å²) in [4.78, 5) is 50.7. The van der Waals surface area contributed by atoms with Gasteiger partial charge >= 0.3 is 11.9 Å². The third-order valence-corrected chi connectivity index (χ3v) is 6.05. The van der Waals surface area contributed by atoms with Crippen molar-refractivity contribution < 1.29 is 24.2 Å². The molecule has 0 aliphatic heterocycles. The Morgan fingerprint density at radius 2 is 1.74 bits per heavy atom. The van der Waals surface area contributed by atoms with E-state index in [1.807, 2.05) is 30.3 Å². The van der Waals surface area contributed by atoms with E-state index in [0.29, 0.717) is 0 Å². The van der Waals surface area contributed by atoms with E-state index in [-0.39, 0.29) is 33.6 Å². The molecule has 0 aliphatic rings. The smallest absolute Gasteiger partial charge is 0.357 e. The second-order valence-electron chi connectivity index (χ2n) is 7.15. The lowest BCUT2D eigenvalue weighted by Gasteiger charge is -2.10.